The van der Waals surface area contributed by atoms with Gasteiger partial charge in [-0.15, -0.1) is 0 Å². The van der Waals surface area contributed by atoms with Crippen LogP contribution in [0.5, 0.6) is 0 Å². The highest BCUT2D eigenvalue weighted by molar-refractivity contribution is 7.86. The van der Waals surface area contributed by atoms with E-state index in [-0.39, 0.29) is 0 Å². The smallest absolute Gasteiger partial charge is 0.318 e. The van der Waals surface area contributed by atoms with Crippen molar-refractivity contribution in [2.45, 2.75) is 10.5 Å². The Morgan fingerprint density at radius 1 is 1.00 bits per heavy atom. The summed E-state index contributed by atoms with van der Waals surface area (Å²) < 4.78 is 0. The first-order chi connectivity index (χ1) is 4.46. The van der Waals surface area contributed by atoms with E-state index in [1.807, 2.05) is 0 Å². The molecule has 2 N–H and O–H groups in total. The Morgan fingerprint density at radius 3 is 1.30 bits per heavy atom. The molecule has 0 aromatic heterocycles. The average Bonchev–Trinajstić information content (AvgIpc) is 1.84. The normalized spacial score (nSPS) is 15.8. The summed E-state index contributed by atoms with van der Waals surface area (Å²) in [6, 6.07) is 0. The summed E-state index contributed by atoms with van der Waals surface area (Å²) in [6.07, 6.45) is 0. The van der Waals surface area contributed by atoms with Gasteiger partial charge < -0.3 is 10.2 Å². The van der Waals surface area contributed by atoms with Crippen LogP contribution < -0.4 is 0 Å². The molecule has 0 saturated heterocycles. The summed E-state index contributed by atoms with van der Waals surface area (Å²) in [7, 11) is 0. The molecule has 0 radical (unpaired) electrons. The van der Waals surface area contributed by atoms with Crippen molar-refractivity contribution in [1.29, 1.82) is 0 Å². The van der Waals surface area contributed by atoms with Crippen LogP contribution in [0, 0.1) is 0 Å². The van der Waals surface area contributed by atoms with E-state index in [1.165, 1.54) is 0 Å². The first-order valence-electron chi connectivity index (χ1n) is 2.28. The Labute approximate surface area is 68.1 Å². The third-order valence-electron chi connectivity index (χ3n) is 0.805. The van der Waals surface area contributed by atoms with Crippen molar-refractivity contribution < 1.29 is 19.8 Å². The van der Waals surface area contributed by atoms with Gasteiger partial charge in [0.2, 0.25) is 0 Å². The standard InChI is InChI=1S/C4H6O4S2/c5-3(6)1(9)2(10)4(7)8/h1-2,9-10H,(H,5,6)(H,7,8)/t1-,2?/m0/s1. The molecular formula is C4H6O4S2. The summed E-state index contributed by atoms with van der Waals surface area (Å²) in [6.45, 7) is 0. The SMILES string of the molecule is O=C(O)C(S)[C@H](S)C(=O)O. The van der Waals surface area contributed by atoms with Gasteiger partial charge in [0.25, 0.3) is 0 Å². The lowest BCUT2D eigenvalue weighted by molar-refractivity contribution is -0.142. The molecule has 0 amide bonds. The number of carboxylic acid groups (broad SMARTS) is 2. The maximum Gasteiger partial charge on any atom is 0.318 e. The van der Waals surface area contributed by atoms with Gasteiger partial charge in [0.15, 0.2) is 0 Å². The lowest BCUT2D eigenvalue weighted by Gasteiger charge is -2.07. The molecule has 0 aliphatic heterocycles. The van der Waals surface area contributed by atoms with Gasteiger partial charge >= 0.3 is 11.9 Å². The highest BCUT2D eigenvalue weighted by Crippen LogP contribution is 2.08. The Morgan fingerprint density at radius 2 is 1.20 bits per heavy atom. The molecule has 10 heavy (non-hydrogen) atoms. The molecule has 4 nitrogen and oxygen atoms in total. The Bertz CT molecular complexity index is 139. The van der Waals surface area contributed by atoms with Crippen molar-refractivity contribution in [3.05, 3.63) is 0 Å². The Balaban J connectivity index is 4.07. The molecule has 0 heterocycles. The summed E-state index contributed by atoms with van der Waals surface area (Å²) in [5.74, 6) is -2.57. The minimum Gasteiger partial charge on any atom is -0.480 e. The van der Waals surface area contributed by atoms with E-state index in [0.717, 1.165) is 0 Å². The van der Waals surface area contributed by atoms with Crippen molar-refractivity contribution in [3.8, 4) is 0 Å². The first-order valence-corrected chi connectivity index (χ1v) is 3.32. The van der Waals surface area contributed by atoms with Crippen LogP contribution in [0.1, 0.15) is 0 Å². The van der Waals surface area contributed by atoms with Gasteiger partial charge in [-0.1, -0.05) is 0 Å². The van der Waals surface area contributed by atoms with E-state index in [9.17, 15) is 9.59 Å². The quantitative estimate of drug-likeness (QED) is 0.454. The van der Waals surface area contributed by atoms with Crippen LogP contribution in [-0.4, -0.2) is 32.7 Å². The monoisotopic (exact) mass is 182 g/mol. The highest BCUT2D eigenvalue weighted by Gasteiger charge is 2.26. The minimum absolute atomic E-state index is 1.26. The number of aliphatic carboxylic acids is 2. The summed E-state index contributed by atoms with van der Waals surface area (Å²) in [5, 5.41) is 13.9. The topological polar surface area (TPSA) is 74.6 Å². The van der Waals surface area contributed by atoms with Gasteiger partial charge in [0, 0.05) is 0 Å². The lowest BCUT2D eigenvalue weighted by atomic mass is 10.3. The fraction of sp³-hybridized carbons (Fsp3) is 0.500. The number of carboxylic acids is 2. The first kappa shape index (κ1) is 9.64. The van der Waals surface area contributed by atoms with Crippen molar-refractivity contribution in [1.82, 2.24) is 0 Å². The fourth-order valence-electron chi connectivity index (χ4n) is 0.270. The highest BCUT2D eigenvalue weighted by atomic mass is 32.1. The van der Waals surface area contributed by atoms with Crippen LogP contribution in [0.25, 0.3) is 0 Å². The molecule has 1 unspecified atom stereocenters. The van der Waals surface area contributed by atoms with Crippen LogP contribution in [0.15, 0.2) is 0 Å². The molecule has 6 heteroatoms. The molecular weight excluding hydrogens is 176 g/mol. The zero-order valence-electron chi connectivity index (χ0n) is 4.76. The summed E-state index contributed by atoms with van der Waals surface area (Å²) >= 11 is 7.00. The molecule has 0 spiro atoms. The van der Waals surface area contributed by atoms with Crippen molar-refractivity contribution in [3.63, 3.8) is 0 Å². The maximum atomic E-state index is 10.1. The number of rotatable bonds is 3. The number of hydrogen-bond acceptors (Lipinski definition) is 4. The predicted octanol–water partition coefficient (Wildman–Crippen LogP) is -0.248. The Kier molecular flexibility index (Phi) is 3.59. The third-order valence-corrected chi connectivity index (χ3v) is 2.08. The Hall–Kier alpha value is -0.360. The van der Waals surface area contributed by atoms with E-state index in [2.05, 4.69) is 25.3 Å². The second kappa shape index (κ2) is 3.72. The van der Waals surface area contributed by atoms with Crippen LogP contribution in [0.4, 0.5) is 0 Å². The summed E-state index contributed by atoms with van der Waals surface area (Å²) in [5.41, 5.74) is 0. The third kappa shape index (κ3) is 2.49. The molecule has 0 rings (SSSR count). The summed E-state index contributed by atoms with van der Waals surface area (Å²) in [4.78, 5) is 20.1. The average molecular weight is 182 g/mol. The van der Waals surface area contributed by atoms with Gasteiger partial charge in [0.05, 0.1) is 0 Å². The van der Waals surface area contributed by atoms with Gasteiger partial charge in [-0.05, 0) is 0 Å². The fourth-order valence-corrected chi connectivity index (χ4v) is 0.525. The van der Waals surface area contributed by atoms with Crippen LogP contribution in [0.3, 0.4) is 0 Å². The molecule has 0 fully saturated rings. The predicted molar refractivity (Wildman–Crippen MR) is 40.8 cm³/mol. The maximum absolute atomic E-state index is 10.1. The number of thiol groups is 2. The van der Waals surface area contributed by atoms with E-state index < -0.39 is 22.4 Å². The zero-order valence-corrected chi connectivity index (χ0v) is 6.55. The molecule has 2 atom stereocenters. The van der Waals surface area contributed by atoms with Crippen LogP contribution in [0.2, 0.25) is 0 Å². The van der Waals surface area contributed by atoms with E-state index in [1.54, 1.807) is 0 Å². The molecule has 0 aliphatic rings. The molecule has 0 aromatic carbocycles. The molecule has 0 aromatic rings. The zero-order chi connectivity index (χ0) is 8.31. The van der Waals surface area contributed by atoms with Crippen molar-refractivity contribution >= 4 is 37.2 Å². The molecule has 0 saturated carbocycles. The van der Waals surface area contributed by atoms with Crippen LogP contribution in [-0.2, 0) is 9.59 Å². The van der Waals surface area contributed by atoms with E-state index in [4.69, 9.17) is 10.2 Å². The molecule has 0 aliphatic carbocycles. The molecule has 0 bridgehead atoms. The van der Waals surface area contributed by atoms with E-state index >= 15 is 0 Å². The molecule has 58 valence electrons. The number of hydrogen-bond donors (Lipinski definition) is 4. The second-order valence-corrected chi connectivity index (χ2v) is 2.68. The van der Waals surface area contributed by atoms with Gasteiger partial charge in [-0.3, -0.25) is 9.59 Å². The largest absolute Gasteiger partial charge is 0.480 e. The number of carbonyl (C=O) groups is 2. The second-order valence-electron chi connectivity index (χ2n) is 1.57. The van der Waals surface area contributed by atoms with Crippen molar-refractivity contribution in [2.24, 2.45) is 0 Å². The van der Waals surface area contributed by atoms with Crippen molar-refractivity contribution in [2.75, 3.05) is 0 Å². The van der Waals surface area contributed by atoms with E-state index in [0.29, 0.717) is 0 Å². The van der Waals surface area contributed by atoms with Gasteiger partial charge in [-0.25, -0.2) is 0 Å². The minimum atomic E-state index is -1.29. The van der Waals surface area contributed by atoms with Gasteiger partial charge in [-0.2, -0.15) is 25.3 Å². The van der Waals surface area contributed by atoms with Crippen LogP contribution >= 0.6 is 25.3 Å². The lowest BCUT2D eigenvalue weighted by Crippen LogP contribution is -2.31. The van der Waals surface area contributed by atoms with Gasteiger partial charge in [0.1, 0.15) is 10.5 Å².